The van der Waals surface area contributed by atoms with Gasteiger partial charge in [-0.25, -0.2) is 9.59 Å². The number of benzene rings is 2. The molecule has 18 heavy (non-hydrogen) atoms. The second-order valence-electron chi connectivity index (χ2n) is 4.30. The number of hydrogen-bond donors (Lipinski definition) is 0. The van der Waals surface area contributed by atoms with Crippen molar-refractivity contribution in [3.8, 4) is 11.1 Å². The molecule has 0 saturated heterocycles. The number of ether oxygens (including phenoxy) is 1. The van der Waals surface area contributed by atoms with Crippen LogP contribution in [-0.4, -0.2) is 11.9 Å². The molecule has 1 aliphatic heterocycles. The molecule has 0 aromatic heterocycles. The van der Waals surface area contributed by atoms with E-state index in [1.165, 1.54) is 5.56 Å². The molecule has 0 atom stereocenters. The zero-order valence-electron chi connectivity index (χ0n) is 9.77. The molecule has 0 fully saturated rings. The summed E-state index contributed by atoms with van der Waals surface area (Å²) in [5.41, 5.74) is 3.78. The predicted octanol–water partition coefficient (Wildman–Crippen LogP) is 2.97. The van der Waals surface area contributed by atoms with Gasteiger partial charge in [-0.15, -0.1) is 0 Å². The molecule has 0 aliphatic carbocycles. The lowest BCUT2D eigenvalue weighted by Crippen LogP contribution is -1.96. The maximum Gasteiger partial charge on any atom is 0.346 e. The lowest BCUT2D eigenvalue weighted by molar-refractivity contribution is 0.0444. The van der Waals surface area contributed by atoms with Gasteiger partial charge in [0.05, 0.1) is 11.1 Å². The van der Waals surface area contributed by atoms with E-state index in [9.17, 15) is 9.59 Å². The van der Waals surface area contributed by atoms with Crippen LogP contribution >= 0.6 is 0 Å². The Hall–Kier alpha value is -2.42. The van der Waals surface area contributed by atoms with Crippen LogP contribution in [0.4, 0.5) is 0 Å². The number of esters is 2. The number of cyclic esters (lactones) is 2. The van der Waals surface area contributed by atoms with Gasteiger partial charge in [0.1, 0.15) is 0 Å². The highest BCUT2D eigenvalue weighted by molar-refractivity contribution is 6.15. The first-order chi connectivity index (χ1) is 8.65. The van der Waals surface area contributed by atoms with E-state index >= 15 is 0 Å². The van der Waals surface area contributed by atoms with Gasteiger partial charge in [0.2, 0.25) is 0 Å². The average Bonchev–Trinajstić information content (AvgIpc) is 2.66. The van der Waals surface area contributed by atoms with Gasteiger partial charge < -0.3 is 4.74 Å². The average molecular weight is 238 g/mol. The van der Waals surface area contributed by atoms with Crippen LogP contribution in [0.25, 0.3) is 11.1 Å². The Labute approximate surface area is 104 Å². The van der Waals surface area contributed by atoms with Gasteiger partial charge in [-0.2, -0.15) is 0 Å². The molecule has 88 valence electrons. The second kappa shape index (κ2) is 3.81. The lowest BCUT2D eigenvalue weighted by atomic mass is 9.99. The van der Waals surface area contributed by atoms with E-state index in [2.05, 4.69) is 4.74 Å². The number of fused-ring (bicyclic) bond motifs is 1. The summed E-state index contributed by atoms with van der Waals surface area (Å²) in [5, 5.41) is 0. The molecule has 0 N–H and O–H groups in total. The maximum absolute atomic E-state index is 11.5. The number of rotatable bonds is 1. The van der Waals surface area contributed by atoms with Crippen molar-refractivity contribution in [2.24, 2.45) is 0 Å². The molecule has 3 nitrogen and oxygen atoms in total. The van der Waals surface area contributed by atoms with Gasteiger partial charge in [0.25, 0.3) is 0 Å². The molecule has 0 bridgehead atoms. The molecular formula is C15H10O3. The second-order valence-corrected chi connectivity index (χ2v) is 4.30. The van der Waals surface area contributed by atoms with Crippen LogP contribution in [0.3, 0.4) is 0 Å². The molecular weight excluding hydrogens is 228 g/mol. The fourth-order valence-electron chi connectivity index (χ4n) is 2.01. The van der Waals surface area contributed by atoms with Crippen LogP contribution < -0.4 is 0 Å². The summed E-state index contributed by atoms with van der Waals surface area (Å²) in [5.74, 6) is -1.13. The molecule has 2 aromatic carbocycles. The van der Waals surface area contributed by atoms with E-state index in [1.54, 1.807) is 12.1 Å². The summed E-state index contributed by atoms with van der Waals surface area (Å²) in [4.78, 5) is 22.8. The standard InChI is InChI=1S/C15H10O3/c1-9-2-4-10(5-3-9)11-6-7-12-13(8-11)15(17)18-14(12)16/h2-8H,1H3. The zero-order valence-corrected chi connectivity index (χ0v) is 9.77. The molecule has 2 aromatic rings. The minimum Gasteiger partial charge on any atom is -0.386 e. The Bertz CT molecular complexity index is 654. The SMILES string of the molecule is Cc1ccc(-c2ccc3c(c2)C(=O)OC3=O)cc1. The smallest absolute Gasteiger partial charge is 0.346 e. The van der Waals surface area contributed by atoms with Gasteiger partial charge in [0, 0.05) is 0 Å². The van der Waals surface area contributed by atoms with Gasteiger partial charge in [-0.3, -0.25) is 0 Å². The van der Waals surface area contributed by atoms with Crippen molar-refractivity contribution < 1.29 is 14.3 Å². The van der Waals surface area contributed by atoms with E-state index in [4.69, 9.17) is 0 Å². The Morgan fingerprint density at radius 2 is 1.39 bits per heavy atom. The first-order valence-electron chi connectivity index (χ1n) is 5.63. The van der Waals surface area contributed by atoms with Gasteiger partial charge in [-0.1, -0.05) is 35.9 Å². The molecule has 0 spiro atoms. The van der Waals surface area contributed by atoms with Crippen LogP contribution in [0, 0.1) is 6.92 Å². The number of carbonyl (C=O) groups is 2. The van der Waals surface area contributed by atoms with E-state index in [1.807, 2.05) is 37.3 Å². The van der Waals surface area contributed by atoms with E-state index in [0.717, 1.165) is 11.1 Å². The third-order valence-corrected chi connectivity index (χ3v) is 3.03. The van der Waals surface area contributed by atoms with Crippen LogP contribution in [0.15, 0.2) is 42.5 Å². The van der Waals surface area contributed by atoms with Crippen molar-refractivity contribution in [1.82, 2.24) is 0 Å². The first-order valence-corrected chi connectivity index (χ1v) is 5.63. The van der Waals surface area contributed by atoms with Crippen LogP contribution in [0.1, 0.15) is 26.3 Å². The Balaban J connectivity index is 2.11. The molecule has 0 radical (unpaired) electrons. The van der Waals surface area contributed by atoms with Gasteiger partial charge >= 0.3 is 11.9 Å². The Morgan fingerprint density at radius 1 is 0.778 bits per heavy atom. The van der Waals surface area contributed by atoms with Crippen molar-refractivity contribution in [1.29, 1.82) is 0 Å². The van der Waals surface area contributed by atoms with Gasteiger partial charge in [0.15, 0.2) is 0 Å². The van der Waals surface area contributed by atoms with E-state index < -0.39 is 11.9 Å². The third-order valence-electron chi connectivity index (χ3n) is 3.03. The molecule has 0 saturated carbocycles. The van der Waals surface area contributed by atoms with Crippen molar-refractivity contribution in [2.75, 3.05) is 0 Å². The summed E-state index contributed by atoms with van der Waals surface area (Å²) >= 11 is 0. The molecule has 1 heterocycles. The first kappa shape index (κ1) is 10.7. The van der Waals surface area contributed by atoms with Crippen molar-refractivity contribution in [2.45, 2.75) is 6.92 Å². The monoisotopic (exact) mass is 238 g/mol. The van der Waals surface area contributed by atoms with Crippen molar-refractivity contribution in [3.05, 3.63) is 59.2 Å². The highest BCUT2D eigenvalue weighted by atomic mass is 16.6. The largest absolute Gasteiger partial charge is 0.386 e. The zero-order chi connectivity index (χ0) is 12.7. The van der Waals surface area contributed by atoms with E-state index in [0.29, 0.717) is 11.1 Å². The summed E-state index contributed by atoms with van der Waals surface area (Å²) in [6.07, 6.45) is 0. The molecule has 1 aliphatic rings. The highest BCUT2D eigenvalue weighted by Crippen LogP contribution is 2.27. The predicted molar refractivity (Wildman–Crippen MR) is 66.4 cm³/mol. The summed E-state index contributed by atoms with van der Waals surface area (Å²) in [6.45, 7) is 2.02. The molecule has 0 amide bonds. The normalized spacial score (nSPS) is 13.4. The maximum atomic E-state index is 11.5. The molecule has 3 rings (SSSR count). The number of hydrogen-bond acceptors (Lipinski definition) is 3. The minimum atomic E-state index is -0.566. The fraction of sp³-hybridized carbons (Fsp3) is 0.0667. The van der Waals surface area contributed by atoms with Gasteiger partial charge in [-0.05, 0) is 30.2 Å². The highest BCUT2D eigenvalue weighted by Gasteiger charge is 2.29. The van der Waals surface area contributed by atoms with E-state index in [-0.39, 0.29) is 0 Å². The quantitative estimate of drug-likeness (QED) is 0.566. The van der Waals surface area contributed by atoms with Crippen LogP contribution in [-0.2, 0) is 4.74 Å². The Morgan fingerprint density at radius 3 is 2.11 bits per heavy atom. The summed E-state index contributed by atoms with van der Waals surface area (Å²) in [7, 11) is 0. The topological polar surface area (TPSA) is 43.4 Å². The molecule has 0 unspecified atom stereocenters. The third kappa shape index (κ3) is 1.61. The van der Waals surface area contributed by atoms with Crippen molar-refractivity contribution in [3.63, 3.8) is 0 Å². The summed E-state index contributed by atoms with van der Waals surface area (Å²) < 4.78 is 4.56. The Kier molecular flexibility index (Phi) is 2.27. The minimum absolute atomic E-state index is 0.343. The fourth-order valence-corrected chi connectivity index (χ4v) is 2.01. The molecule has 3 heteroatoms. The lowest BCUT2D eigenvalue weighted by Gasteiger charge is -2.03. The number of carbonyl (C=O) groups excluding carboxylic acids is 2. The van der Waals surface area contributed by atoms with Crippen LogP contribution in [0.2, 0.25) is 0 Å². The number of aryl methyl sites for hydroxylation is 1. The van der Waals surface area contributed by atoms with Crippen LogP contribution in [0.5, 0.6) is 0 Å². The van der Waals surface area contributed by atoms with Crippen molar-refractivity contribution >= 4 is 11.9 Å². The summed E-state index contributed by atoms with van der Waals surface area (Å²) in [6, 6.07) is 13.1.